The predicted molar refractivity (Wildman–Crippen MR) is 92.1 cm³/mol. The summed E-state index contributed by atoms with van der Waals surface area (Å²) >= 11 is 1.32. The molecule has 0 spiro atoms. The molecule has 7 heteroatoms. The summed E-state index contributed by atoms with van der Waals surface area (Å²) in [4.78, 5) is 34.5. The molecule has 6 nitrogen and oxygen atoms in total. The molecular weight excluding hydrogens is 312 g/mol. The minimum Gasteiger partial charge on any atom is -0.353 e. The fourth-order valence-corrected chi connectivity index (χ4v) is 3.39. The number of aliphatic imine (C=N–C) groups is 2. The minimum atomic E-state index is -0.391. The fourth-order valence-electron chi connectivity index (χ4n) is 2.50. The summed E-state index contributed by atoms with van der Waals surface area (Å²) in [6, 6.07) is 7.29. The maximum Gasteiger partial charge on any atom is 0.270 e. The van der Waals surface area contributed by atoms with Crippen molar-refractivity contribution in [3.8, 4) is 0 Å². The molecule has 0 aromatic heterocycles. The highest BCUT2D eigenvalue weighted by Gasteiger charge is 2.39. The van der Waals surface area contributed by atoms with E-state index in [4.69, 9.17) is 0 Å². The van der Waals surface area contributed by atoms with Gasteiger partial charge in [-0.15, -0.1) is 0 Å². The maximum atomic E-state index is 12.0. The zero-order valence-electron chi connectivity index (χ0n) is 13.2. The van der Waals surface area contributed by atoms with Gasteiger partial charge in [-0.3, -0.25) is 14.5 Å². The molecule has 3 rings (SSSR count). The fraction of sp³-hybridized carbons (Fsp3) is 0.375. The number of carbonyl (C=O) groups excluding carboxylic acids is 2. The first-order valence-corrected chi connectivity index (χ1v) is 8.48. The molecule has 2 aliphatic heterocycles. The number of thioether (sulfide) groups is 1. The summed E-state index contributed by atoms with van der Waals surface area (Å²) in [7, 11) is 0. The summed E-state index contributed by atoms with van der Waals surface area (Å²) in [6.45, 7) is 5.64. The van der Waals surface area contributed by atoms with Crippen molar-refractivity contribution in [1.29, 1.82) is 0 Å². The van der Waals surface area contributed by atoms with Gasteiger partial charge in [0, 0.05) is 11.6 Å². The molecule has 0 saturated heterocycles. The number of hydrogen-bond acceptors (Lipinski definition) is 5. The summed E-state index contributed by atoms with van der Waals surface area (Å²) in [6.07, 6.45) is 0. The van der Waals surface area contributed by atoms with E-state index in [-0.39, 0.29) is 23.6 Å². The number of benzene rings is 1. The van der Waals surface area contributed by atoms with Crippen LogP contribution in [0.3, 0.4) is 0 Å². The third-order valence-corrected chi connectivity index (χ3v) is 4.49. The van der Waals surface area contributed by atoms with E-state index in [1.165, 1.54) is 11.8 Å². The van der Waals surface area contributed by atoms with Crippen LogP contribution in [0, 0.1) is 0 Å². The summed E-state index contributed by atoms with van der Waals surface area (Å²) in [5.74, 6) is 0.642. The Hall–Kier alpha value is -2.15. The van der Waals surface area contributed by atoms with Gasteiger partial charge in [-0.05, 0) is 32.9 Å². The molecule has 23 heavy (non-hydrogen) atoms. The molecule has 0 radical (unpaired) electrons. The van der Waals surface area contributed by atoms with Crippen LogP contribution in [0.5, 0.6) is 0 Å². The van der Waals surface area contributed by atoms with Crippen LogP contribution in [-0.4, -0.2) is 45.6 Å². The number of amidine groups is 2. The molecule has 120 valence electrons. The molecule has 0 saturated carbocycles. The van der Waals surface area contributed by atoms with E-state index >= 15 is 0 Å². The monoisotopic (exact) mass is 330 g/mol. The van der Waals surface area contributed by atoms with Gasteiger partial charge in [-0.25, -0.2) is 4.99 Å². The molecule has 0 aliphatic carbocycles. The average Bonchev–Trinajstić information content (AvgIpc) is 2.80. The van der Waals surface area contributed by atoms with E-state index < -0.39 is 6.04 Å². The zero-order valence-corrected chi connectivity index (χ0v) is 14.1. The molecule has 0 bridgehead atoms. The summed E-state index contributed by atoms with van der Waals surface area (Å²) in [5, 5.41) is 3.49. The Morgan fingerprint density at radius 3 is 2.83 bits per heavy atom. The third-order valence-electron chi connectivity index (χ3n) is 3.54. The van der Waals surface area contributed by atoms with Gasteiger partial charge in [0.05, 0.1) is 11.4 Å². The molecular formula is C16H18N4O2S. The zero-order chi connectivity index (χ0) is 16.6. The van der Waals surface area contributed by atoms with Crippen molar-refractivity contribution in [3.63, 3.8) is 0 Å². The molecule has 1 N–H and O–H groups in total. The Balaban J connectivity index is 1.88. The highest BCUT2D eigenvalue weighted by atomic mass is 32.2. The van der Waals surface area contributed by atoms with Crippen LogP contribution in [0.25, 0.3) is 0 Å². The number of nitrogens with zero attached hydrogens (tertiary/aromatic N) is 3. The third kappa shape index (κ3) is 3.01. The van der Waals surface area contributed by atoms with E-state index in [1.807, 2.05) is 43.0 Å². The first-order valence-electron chi connectivity index (χ1n) is 7.49. The molecule has 1 unspecified atom stereocenters. The second kappa shape index (κ2) is 6.16. The molecule has 1 atom stereocenters. The number of nitrogens with one attached hydrogen (secondary N) is 1. The van der Waals surface area contributed by atoms with Crippen LogP contribution < -0.4 is 5.32 Å². The first kappa shape index (κ1) is 15.7. The van der Waals surface area contributed by atoms with Crippen LogP contribution in [0.2, 0.25) is 0 Å². The van der Waals surface area contributed by atoms with Crippen molar-refractivity contribution in [2.45, 2.75) is 32.9 Å². The number of hydrogen-bond donors (Lipinski definition) is 1. The normalized spacial score (nSPS) is 19.2. The van der Waals surface area contributed by atoms with Crippen molar-refractivity contribution in [3.05, 3.63) is 29.8 Å². The highest BCUT2D eigenvalue weighted by Crippen LogP contribution is 2.33. The van der Waals surface area contributed by atoms with E-state index in [2.05, 4.69) is 15.3 Å². The van der Waals surface area contributed by atoms with Crippen molar-refractivity contribution in [2.24, 2.45) is 9.98 Å². The summed E-state index contributed by atoms with van der Waals surface area (Å²) in [5.41, 5.74) is 1.62. The SMILES string of the molecule is CC(C)NC(=O)CSC1=Nc2ccccc2C2=NC(=O)C(C)N12. The van der Waals surface area contributed by atoms with Crippen molar-refractivity contribution >= 4 is 40.3 Å². The largest absolute Gasteiger partial charge is 0.353 e. The Morgan fingerprint density at radius 2 is 2.09 bits per heavy atom. The first-order chi connectivity index (χ1) is 11.0. The van der Waals surface area contributed by atoms with Gasteiger partial charge in [-0.2, -0.15) is 4.99 Å². The van der Waals surface area contributed by atoms with Gasteiger partial charge in [0.1, 0.15) is 11.9 Å². The lowest BCUT2D eigenvalue weighted by Gasteiger charge is -2.29. The van der Waals surface area contributed by atoms with E-state index in [0.29, 0.717) is 11.0 Å². The quantitative estimate of drug-likeness (QED) is 0.919. The molecule has 2 heterocycles. The lowest BCUT2D eigenvalue weighted by molar-refractivity contribution is -0.119. The van der Waals surface area contributed by atoms with Crippen molar-refractivity contribution < 1.29 is 9.59 Å². The number of para-hydroxylation sites is 1. The van der Waals surface area contributed by atoms with Crippen LogP contribution in [0.15, 0.2) is 34.3 Å². The van der Waals surface area contributed by atoms with E-state index in [1.54, 1.807) is 6.92 Å². The van der Waals surface area contributed by atoms with Crippen molar-refractivity contribution in [1.82, 2.24) is 10.2 Å². The maximum absolute atomic E-state index is 12.0. The average molecular weight is 330 g/mol. The number of carbonyl (C=O) groups is 2. The molecule has 1 aromatic rings. The Morgan fingerprint density at radius 1 is 1.35 bits per heavy atom. The minimum absolute atomic E-state index is 0.0526. The lowest BCUT2D eigenvalue weighted by Crippen LogP contribution is -2.42. The highest BCUT2D eigenvalue weighted by molar-refractivity contribution is 8.14. The second-order valence-electron chi connectivity index (χ2n) is 5.74. The second-order valence-corrected chi connectivity index (χ2v) is 6.68. The van der Waals surface area contributed by atoms with Gasteiger partial charge >= 0.3 is 0 Å². The van der Waals surface area contributed by atoms with Crippen LogP contribution in [0.1, 0.15) is 26.3 Å². The smallest absolute Gasteiger partial charge is 0.270 e. The van der Waals surface area contributed by atoms with Gasteiger partial charge < -0.3 is 5.32 Å². The summed E-state index contributed by atoms with van der Waals surface area (Å²) < 4.78 is 0. The molecule has 2 aliphatic rings. The number of fused-ring (bicyclic) bond motifs is 3. The van der Waals surface area contributed by atoms with Gasteiger partial charge in [0.25, 0.3) is 5.91 Å². The van der Waals surface area contributed by atoms with E-state index in [9.17, 15) is 9.59 Å². The Bertz CT molecular complexity index is 727. The molecule has 1 aromatic carbocycles. The van der Waals surface area contributed by atoms with E-state index in [0.717, 1.165) is 11.3 Å². The van der Waals surface area contributed by atoms with Crippen LogP contribution >= 0.6 is 11.8 Å². The molecule has 0 fully saturated rings. The predicted octanol–water partition coefficient (Wildman–Crippen LogP) is 1.92. The van der Waals surface area contributed by atoms with Gasteiger partial charge in [0.15, 0.2) is 5.17 Å². The number of amides is 2. The Kier molecular flexibility index (Phi) is 4.21. The molecule has 2 amide bonds. The Labute approximate surface area is 139 Å². The standard InChI is InChI=1S/C16H18N4O2S/c1-9(2)17-13(21)8-23-16-18-12-7-5-4-6-11(12)14-19-15(22)10(3)20(14)16/h4-7,9-10H,8H2,1-3H3,(H,17,21). The van der Waals surface area contributed by atoms with Gasteiger partial charge in [-0.1, -0.05) is 23.9 Å². The lowest BCUT2D eigenvalue weighted by atomic mass is 10.1. The van der Waals surface area contributed by atoms with Crippen LogP contribution in [-0.2, 0) is 9.59 Å². The van der Waals surface area contributed by atoms with Crippen molar-refractivity contribution in [2.75, 3.05) is 5.75 Å². The topological polar surface area (TPSA) is 74.1 Å². The number of rotatable bonds is 3. The van der Waals surface area contributed by atoms with Crippen LogP contribution in [0.4, 0.5) is 5.69 Å². The van der Waals surface area contributed by atoms with Gasteiger partial charge in [0.2, 0.25) is 5.91 Å².